The van der Waals surface area contributed by atoms with E-state index in [4.69, 9.17) is 0 Å². The molecule has 3 rings (SSSR count). The Balaban J connectivity index is 1.45. The molecule has 2 unspecified atom stereocenters. The first-order chi connectivity index (χ1) is 9.61. The SMILES string of the molecule is CC1CC(NC2CC(c3ccc(F)cc3)C2)CCN1C. The smallest absolute Gasteiger partial charge is 0.123 e. The molecule has 20 heavy (non-hydrogen) atoms. The molecule has 1 aliphatic carbocycles. The van der Waals surface area contributed by atoms with Gasteiger partial charge in [-0.2, -0.15) is 0 Å². The molecule has 3 heteroatoms. The molecule has 1 N–H and O–H groups in total. The van der Waals surface area contributed by atoms with Gasteiger partial charge in [-0.15, -0.1) is 0 Å². The molecule has 110 valence electrons. The number of nitrogens with one attached hydrogen (secondary N) is 1. The van der Waals surface area contributed by atoms with Gasteiger partial charge in [0.1, 0.15) is 5.82 Å². The first kappa shape index (κ1) is 14.0. The van der Waals surface area contributed by atoms with Crippen molar-refractivity contribution >= 4 is 0 Å². The normalized spacial score (nSPS) is 34.8. The summed E-state index contributed by atoms with van der Waals surface area (Å²) >= 11 is 0. The van der Waals surface area contributed by atoms with Crippen LogP contribution in [0.2, 0.25) is 0 Å². The van der Waals surface area contributed by atoms with E-state index in [9.17, 15) is 4.39 Å². The van der Waals surface area contributed by atoms with Crippen molar-refractivity contribution in [3.05, 3.63) is 35.6 Å². The van der Waals surface area contributed by atoms with Crippen LogP contribution < -0.4 is 5.32 Å². The van der Waals surface area contributed by atoms with Gasteiger partial charge in [0, 0.05) is 18.1 Å². The first-order valence-corrected chi connectivity index (χ1v) is 7.83. The molecule has 1 saturated heterocycles. The van der Waals surface area contributed by atoms with Crippen LogP contribution in [0.3, 0.4) is 0 Å². The van der Waals surface area contributed by atoms with Gasteiger partial charge in [-0.05, 0) is 69.8 Å². The van der Waals surface area contributed by atoms with E-state index < -0.39 is 0 Å². The third-order valence-corrected chi connectivity index (χ3v) is 5.16. The Hall–Kier alpha value is -0.930. The predicted molar refractivity (Wildman–Crippen MR) is 80.4 cm³/mol. The van der Waals surface area contributed by atoms with Gasteiger partial charge in [0.15, 0.2) is 0 Å². The molecule has 1 aromatic rings. The fourth-order valence-electron chi connectivity index (χ4n) is 3.54. The van der Waals surface area contributed by atoms with E-state index in [2.05, 4.69) is 24.2 Å². The van der Waals surface area contributed by atoms with Crippen LogP contribution in [0.5, 0.6) is 0 Å². The maximum Gasteiger partial charge on any atom is 0.123 e. The highest BCUT2D eigenvalue weighted by molar-refractivity contribution is 5.23. The van der Waals surface area contributed by atoms with E-state index in [0.717, 1.165) is 0 Å². The number of benzene rings is 1. The van der Waals surface area contributed by atoms with Gasteiger partial charge in [0.2, 0.25) is 0 Å². The van der Waals surface area contributed by atoms with E-state index in [-0.39, 0.29) is 5.82 Å². The minimum absolute atomic E-state index is 0.136. The molecule has 2 aliphatic rings. The lowest BCUT2D eigenvalue weighted by Crippen LogP contribution is -2.51. The Bertz CT molecular complexity index is 439. The average Bonchev–Trinajstić information content (AvgIpc) is 2.39. The van der Waals surface area contributed by atoms with Gasteiger partial charge >= 0.3 is 0 Å². The van der Waals surface area contributed by atoms with Gasteiger partial charge in [-0.1, -0.05) is 12.1 Å². The lowest BCUT2D eigenvalue weighted by Gasteiger charge is -2.42. The molecule has 2 nitrogen and oxygen atoms in total. The summed E-state index contributed by atoms with van der Waals surface area (Å²) in [5.41, 5.74) is 1.29. The predicted octanol–water partition coefficient (Wildman–Crippen LogP) is 3.14. The van der Waals surface area contributed by atoms with Crippen molar-refractivity contribution in [2.24, 2.45) is 0 Å². The van der Waals surface area contributed by atoms with Crippen LogP contribution in [-0.2, 0) is 0 Å². The van der Waals surface area contributed by atoms with Crippen molar-refractivity contribution < 1.29 is 4.39 Å². The number of rotatable bonds is 3. The lowest BCUT2D eigenvalue weighted by atomic mass is 9.75. The second kappa shape index (κ2) is 5.82. The van der Waals surface area contributed by atoms with Crippen molar-refractivity contribution in [2.75, 3.05) is 13.6 Å². The average molecular weight is 276 g/mol. The first-order valence-electron chi connectivity index (χ1n) is 7.83. The van der Waals surface area contributed by atoms with E-state index in [1.165, 1.54) is 37.8 Å². The quantitative estimate of drug-likeness (QED) is 0.912. The summed E-state index contributed by atoms with van der Waals surface area (Å²) < 4.78 is 12.9. The van der Waals surface area contributed by atoms with E-state index in [1.807, 2.05) is 12.1 Å². The molecule has 1 saturated carbocycles. The Kier molecular flexibility index (Phi) is 4.08. The van der Waals surface area contributed by atoms with Gasteiger partial charge in [0.25, 0.3) is 0 Å². The summed E-state index contributed by atoms with van der Waals surface area (Å²) in [6.45, 7) is 3.52. The topological polar surface area (TPSA) is 15.3 Å². The summed E-state index contributed by atoms with van der Waals surface area (Å²) in [6, 6.07) is 9.06. The van der Waals surface area contributed by atoms with Crippen LogP contribution in [-0.4, -0.2) is 36.6 Å². The lowest BCUT2D eigenvalue weighted by molar-refractivity contribution is 0.147. The second-order valence-corrected chi connectivity index (χ2v) is 6.63. The molecular weight excluding hydrogens is 251 g/mol. The molecule has 0 bridgehead atoms. The molecule has 2 atom stereocenters. The Morgan fingerprint density at radius 1 is 1.10 bits per heavy atom. The van der Waals surface area contributed by atoms with Gasteiger partial charge < -0.3 is 10.2 Å². The molecule has 2 fully saturated rings. The Morgan fingerprint density at radius 3 is 2.45 bits per heavy atom. The number of hydrogen-bond acceptors (Lipinski definition) is 2. The summed E-state index contributed by atoms with van der Waals surface area (Å²) in [7, 11) is 2.22. The van der Waals surface area contributed by atoms with Crippen LogP contribution in [0.15, 0.2) is 24.3 Å². The minimum Gasteiger partial charge on any atom is -0.311 e. The fraction of sp³-hybridized carbons (Fsp3) is 0.647. The molecule has 1 aliphatic heterocycles. The van der Waals surface area contributed by atoms with Gasteiger partial charge in [0.05, 0.1) is 0 Å². The molecule has 0 spiro atoms. The highest BCUT2D eigenvalue weighted by Gasteiger charge is 2.33. The van der Waals surface area contributed by atoms with Crippen molar-refractivity contribution in [3.63, 3.8) is 0 Å². The molecule has 0 amide bonds. The zero-order valence-corrected chi connectivity index (χ0v) is 12.5. The number of piperidine rings is 1. The number of halogens is 1. The number of nitrogens with zero attached hydrogens (tertiary/aromatic N) is 1. The van der Waals surface area contributed by atoms with Gasteiger partial charge in [-0.3, -0.25) is 0 Å². The summed E-state index contributed by atoms with van der Waals surface area (Å²) in [5.74, 6) is 0.486. The molecule has 1 heterocycles. The summed E-state index contributed by atoms with van der Waals surface area (Å²) in [6.07, 6.45) is 4.92. The van der Waals surface area contributed by atoms with Crippen LogP contribution in [0.1, 0.15) is 44.1 Å². The largest absolute Gasteiger partial charge is 0.311 e. The molecule has 0 aromatic heterocycles. The Labute approximate surface area is 121 Å². The highest BCUT2D eigenvalue weighted by Crippen LogP contribution is 2.37. The maximum absolute atomic E-state index is 12.9. The summed E-state index contributed by atoms with van der Waals surface area (Å²) in [4.78, 5) is 2.44. The van der Waals surface area contributed by atoms with Crippen molar-refractivity contribution in [1.82, 2.24) is 10.2 Å². The van der Waals surface area contributed by atoms with E-state index >= 15 is 0 Å². The van der Waals surface area contributed by atoms with E-state index in [0.29, 0.717) is 24.0 Å². The maximum atomic E-state index is 12.9. The van der Waals surface area contributed by atoms with Crippen LogP contribution >= 0.6 is 0 Å². The van der Waals surface area contributed by atoms with E-state index in [1.54, 1.807) is 12.1 Å². The third kappa shape index (κ3) is 3.04. The minimum atomic E-state index is -0.136. The van der Waals surface area contributed by atoms with Crippen LogP contribution in [0, 0.1) is 5.82 Å². The van der Waals surface area contributed by atoms with Crippen LogP contribution in [0.25, 0.3) is 0 Å². The molecule has 1 aromatic carbocycles. The monoisotopic (exact) mass is 276 g/mol. The summed E-state index contributed by atoms with van der Waals surface area (Å²) in [5, 5.41) is 3.82. The molecule has 0 radical (unpaired) electrons. The van der Waals surface area contributed by atoms with Crippen molar-refractivity contribution in [3.8, 4) is 0 Å². The number of hydrogen-bond donors (Lipinski definition) is 1. The molecular formula is C17H25FN2. The van der Waals surface area contributed by atoms with Gasteiger partial charge in [-0.25, -0.2) is 4.39 Å². The zero-order chi connectivity index (χ0) is 14.1. The standard InChI is InChI=1S/C17H25FN2/c1-12-9-16(7-8-20(12)2)19-17-10-14(11-17)13-3-5-15(18)6-4-13/h3-6,12,14,16-17,19H,7-11H2,1-2H3. The third-order valence-electron chi connectivity index (χ3n) is 5.16. The Morgan fingerprint density at radius 2 is 1.80 bits per heavy atom. The fourth-order valence-corrected chi connectivity index (χ4v) is 3.54. The van der Waals surface area contributed by atoms with Crippen molar-refractivity contribution in [2.45, 2.75) is 56.7 Å². The van der Waals surface area contributed by atoms with Crippen molar-refractivity contribution in [1.29, 1.82) is 0 Å². The van der Waals surface area contributed by atoms with Crippen LogP contribution in [0.4, 0.5) is 4.39 Å². The number of likely N-dealkylation sites (tertiary alicyclic amines) is 1. The second-order valence-electron chi connectivity index (χ2n) is 6.63. The zero-order valence-electron chi connectivity index (χ0n) is 12.5. The highest BCUT2D eigenvalue weighted by atomic mass is 19.1.